The molecule has 0 radical (unpaired) electrons. The van der Waals surface area contributed by atoms with Crippen LogP contribution >= 0.6 is 15.9 Å². The average Bonchev–Trinajstić information content (AvgIpc) is 2.93. The second-order valence-corrected chi connectivity index (χ2v) is 5.48. The summed E-state index contributed by atoms with van der Waals surface area (Å²) < 4.78 is 17.4. The van der Waals surface area contributed by atoms with Gasteiger partial charge in [0.15, 0.2) is 0 Å². The fourth-order valence-electron chi connectivity index (χ4n) is 2.21. The maximum Gasteiger partial charge on any atom is 0.139 e. The highest BCUT2D eigenvalue weighted by atomic mass is 79.9. The maximum atomic E-state index is 5.65. The molecule has 0 aliphatic rings. The van der Waals surface area contributed by atoms with Gasteiger partial charge in [0.2, 0.25) is 0 Å². The molecule has 0 aliphatic carbocycles. The Balaban J connectivity index is 2.47. The van der Waals surface area contributed by atoms with Crippen LogP contribution in [0.5, 0.6) is 11.5 Å². The van der Waals surface area contributed by atoms with Crippen molar-refractivity contribution >= 4 is 15.9 Å². The van der Waals surface area contributed by atoms with E-state index in [-0.39, 0.29) is 6.04 Å². The predicted octanol–water partition coefficient (Wildman–Crippen LogP) is 4.15. The lowest BCUT2D eigenvalue weighted by atomic mass is 10.0. The number of hydrogen-bond acceptors (Lipinski definition) is 4. The van der Waals surface area contributed by atoms with Crippen LogP contribution in [0.15, 0.2) is 39.4 Å². The molecular formula is C16H20BrNO3. The molecule has 1 unspecified atom stereocenters. The van der Waals surface area contributed by atoms with Gasteiger partial charge in [0.1, 0.15) is 17.3 Å². The van der Waals surface area contributed by atoms with Gasteiger partial charge in [-0.15, -0.1) is 0 Å². The number of rotatable bonds is 7. The third kappa shape index (κ3) is 3.60. The molecular weight excluding hydrogens is 334 g/mol. The van der Waals surface area contributed by atoms with E-state index in [1.807, 2.05) is 24.3 Å². The van der Waals surface area contributed by atoms with Crippen molar-refractivity contribution in [1.29, 1.82) is 0 Å². The van der Waals surface area contributed by atoms with E-state index in [2.05, 4.69) is 28.2 Å². The zero-order valence-electron chi connectivity index (χ0n) is 12.5. The molecule has 0 spiro atoms. The van der Waals surface area contributed by atoms with E-state index in [0.717, 1.165) is 40.3 Å². The van der Waals surface area contributed by atoms with Crippen molar-refractivity contribution in [1.82, 2.24) is 5.32 Å². The van der Waals surface area contributed by atoms with Gasteiger partial charge in [-0.25, -0.2) is 0 Å². The summed E-state index contributed by atoms with van der Waals surface area (Å²) in [6.45, 7) is 3.00. The van der Waals surface area contributed by atoms with E-state index < -0.39 is 0 Å². The molecule has 21 heavy (non-hydrogen) atoms. The normalized spacial score (nSPS) is 12.2. The van der Waals surface area contributed by atoms with Crippen LogP contribution in [0.2, 0.25) is 0 Å². The van der Waals surface area contributed by atoms with Crippen LogP contribution in [0.3, 0.4) is 0 Å². The molecule has 0 amide bonds. The van der Waals surface area contributed by atoms with Gasteiger partial charge in [0.25, 0.3) is 0 Å². The standard InChI is InChI=1S/C16H20BrNO3/c1-4-8-18-15(16-13(17)7-9-21-16)12-10-11(19-2)5-6-14(12)20-3/h5-7,9-10,15,18H,4,8H2,1-3H3. The Morgan fingerprint density at radius 3 is 2.62 bits per heavy atom. The molecule has 4 nitrogen and oxygen atoms in total. The number of methoxy groups -OCH3 is 2. The molecule has 2 rings (SSSR count). The molecule has 5 heteroatoms. The summed E-state index contributed by atoms with van der Waals surface area (Å²) in [5, 5.41) is 3.50. The highest BCUT2D eigenvalue weighted by Gasteiger charge is 2.23. The Bertz CT molecular complexity index is 583. The smallest absolute Gasteiger partial charge is 0.139 e. The van der Waals surface area contributed by atoms with E-state index in [1.165, 1.54) is 0 Å². The summed E-state index contributed by atoms with van der Waals surface area (Å²) in [6, 6.07) is 7.56. The first kappa shape index (κ1) is 15.9. The average molecular weight is 354 g/mol. The number of nitrogens with one attached hydrogen (secondary N) is 1. The van der Waals surface area contributed by atoms with Gasteiger partial charge in [-0.2, -0.15) is 0 Å². The Morgan fingerprint density at radius 1 is 1.24 bits per heavy atom. The summed E-state index contributed by atoms with van der Waals surface area (Å²) in [6.07, 6.45) is 2.70. The Kier molecular flexibility index (Phi) is 5.70. The lowest BCUT2D eigenvalue weighted by molar-refractivity contribution is 0.384. The first-order valence-corrected chi connectivity index (χ1v) is 7.68. The van der Waals surface area contributed by atoms with Crippen LogP contribution in [-0.2, 0) is 0 Å². The minimum Gasteiger partial charge on any atom is -0.497 e. The van der Waals surface area contributed by atoms with Crippen LogP contribution < -0.4 is 14.8 Å². The first-order valence-electron chi connectivity index (χ1n) is 6.89. The number of halogens is 1. The van der Waals surface area contributed by atoms with Gasteiger partial charge in [0, 0.05) is 5.56 Å². The van der Waals surface area contributed by atoms with Crippen LogP contribution in [0.1, 0.15) is 30.7 Å². The third-order valence-electron chi connectivity index (χ3n) is 3.25. The van der Waals surface area contributed by atoms with E-state index >= 15 is 0 Å². The highest BCUT2D eigenvalue weighted by molar-refractivity contribution is 9.10. The molecule has 0 saturated carbocycles. The van der Waals surface area contributed by atoms with E-state index in [4.69, 9.17) is 13.9 Å². The summed E-state index contributed by atoms with van der Waals surface area (Å²) >= 11 is 3.53. The van der Waals surface area contributed by atoms with Crippen molar-refractivity contribution in [2.45, 2.75) is 19.4 Å². The zero-order chi connectivity index (χ0) is 15.2. The number of ether oxygens (including phenoxy) is 2. The van der Waals surface area contributed by atoms with Crippen LogP contribution in [0, 0.1) is 0 Å². The fourth-order valence-corrected chi connectivity index (χ4v) is 2.64. The molecule has 0 saturated heterocycles. The van der Waals surface area contributed by atoms with Crippen molar-refractivity contribution in [3.8, 4) is 11.5 Å². The van der Waals surface area contributed by atoms with E-state index in [9.17, 15) is 0 Å². The first-order chi connectivity index (χ1) is 10.2. The molecule has 1 aromatic heterocycles. The second kappa shape index (κ2) is 7.52. The monoisotopic (exact) mass is 353 g/mol. The van der Waals surface area contributed by atoms with Crippen molar-refractivity contribution in [2.24, 2.45) is 0 Å². The molecule has 1 heterocycles. The molecule has 0 bridgehead atoms. The largest absolute Gasteiger partial charge is 0.497 e. The van der Waals surface area contributed by atoms with Crippen molar-refractivity contribution in [3.63, 3.8) is 0 Å². The maximum absolute atomic E-state index is 5.65. The van der Waals surface area contributed by atoms with Gasteiger partial charge in [-0.1, -0.05) is 6.92 Å². The Morgan fingerprint density at radius 2 is 2.05 bits per heavy atom. The zero-order valence-corrected chi connectivity index (χ0v) is 14.1. The molecule has 1 aromatic carbocycles. The van der Waals surface area contributed by atoms with E-state index in [0.29, 0.717) is 0 Å². The number of hydrogen-bond donors (Lipinski definition) is 1. The van der Waals surface area contributed by atoms with Crippen LogP contribution in [-0.4, -0.2) is 20.8 Å². The summed E-state index contributed by atoms with van der Waals surface area (Å²) in [7, 11) is 3.32. The van der Waals surface area contributed by atoms with Crippen LogP contribution in [0.4, 0.5) is 0 Å². The highest BCUT2D eigenvalue weighted by Crippen LogP contribution is 2.36. The third-order valence-corrected chi connectivity index (χ3v) is 3.91. The topological polar surface area (TPSA) is 43.6 Å². The van der Waals surface area contributed by atoms with Gasteiger partial charge >= 0.3 is 0 Å². The predicted molar refractivity (Wildman–Crippen MR) is 86.1 cm³/mol. The quantitative estimate of drug-likeness (QED) is 0.811. The van der Waals surface area contributed by atoms with Crippen molar-refractivity contribution in [3.05, 3.63) is 46.3 Å². The molecule has 1 atom stereocenters. The van der Waals surface area contributed by atoms with E-state index in [1.54, 1.807) is 20.5 Å². The van der Waals surface area contributed by atoms with Gasteiger partial charge in [0.05, 0.1) is 31.0 Å². The number of furan rings is 1. The molecule has 114 valence electrons. The molecule has 1 N–H and O–H groups in total. The Hall–Kier alpha value is -1.46. The molecule has 2 aromatic rings. The summed E-state index contributed by atoms with van der Waals surface area (Å²) in [5.41, 5.74) is 0.987. The molecule has 0 fully saturated rings. The minimum atomic E-state index is -0.0978. The summed E-state index contributed by atoms with van der Waals surface area (Å²) in [5.74, 6) is 2.42. The van der Waals surface area contributed by atoms with Crippen molar-refractivity contribution in [2.75, 3.05) is 20.8 Å². The second-order valence-electron chi connectivity index (χ2n) is 4.63. The molecule has 0 aliphatic heterocycles. The van der Waals surface area contributed by atoms with Gasteiger partial charge in [-0.05, 0) is 53.2 Å². The fraction of sp³-hybridized carbons (Fsp3) is 0.375. The SMILES string of the molecule is CCCNC(c1cc(OC)ccc1OC)c1occc1Br. The minimum absolute atomic E-state index is 0.0978. The van der Waals surface area contributed by atoms with Gasteiger partial charge in [-0.3, -0.25) is 0 Å². The summed E-state index contributed by atoms with van der Waals surface area (Å²) in [4.78, 5) is 0. The lowest BCUT2D eigenvalue weighted by Gasteiger charge is -2.20. The van der Waals surface area contributed by atoms with Crippen molar-refractivity contribution < 1.29 is 13.9 Å². The van der Waals surface area contributed by atoms with Crippen LogP contribution in [0.25, 0.3) is 0 Å². The lowest BCUT2D eigenvalue weighted by Crippen LogP contribution is -2.23. The van der Waals surface area contributed by atoms with Gasteiger partial charge < -0.3 is 19.2 Å². The Labute approximate surface area is 133 Å². The number of benzene rings is 1.